The van der Waals surface area contributed by atoms with Crippen LogP contribution in [0.15, 0.2) is 0 Å². The summed E-state index contributed by atoms with van der Waals surface area (Å²) in [5.41, 5.74) is 4.96. The number of rotatable bonds is 6. The standard InChI is InChI=1S/C6H11F2NO2/c7-6(8)4-11-2-1-5(10)3-9/h6H,1-4,9H2. The van der Waals surface area contributed by atoms with Crippen molar-refractivity contribution in [3.63, 3.8) is 0 Å². The maximum Gasteiger partial charge on any atom is 0.261 e. The molecule has 66 valence electrons. The molecule has 0 saturated heterocycles. The van der Waals surface area contributed by atoms with Crippen LogP contribution in [0.4, 0.5) is 8.78 Å². The second-order valence-electron chi connectivity index (χ2n) is 1.96. The van der Waals surface area contributed by atoms with Crippen molar-refractivity contribution in [1.29, 1.82) is 0 Å². The molecular weight excluding hydrogens is 156 g/mol. The summed E-state index contributed by atoms with van der Waals surface area (Å²) >= 11 is 0. The SMILES string of the molecule is NCC(=O)CCOCC(F)F. The molecule has 0 saturated carbocycles. The zero-order chi connectivity index (χ0) is 8.69. The molecular formula is C6H11F2NO2. The lowest BCUT2D eigenvalue weighted by Gasteiger charge is -2.00. The van der Waals surface area contributed by atoms with Gasteiger partial charge in [-0.05, 0) is 0 Å². The van der Waals surface area contributed by atoms with Gasteiger partial charge in [-0.2, -0.15) is 0 Å². The molecule has 0 heterocycles. The molecule has 0 fully saturated rings. The summed E-state index contributed by atoms with van der Waals surface area (Å²) < 4.78 is 27.3. The van der Waals surface area contributed by atoms with E-state index < -0.39 is 13.0 Å². The van der Waals surface area contributed by atoms with Crippen LogP contribution in [0.2, 0.25) is 0 Å². The van der Waals surface area contributed by atoms with Gasteiger partial charge in [0.15, 0.2) is 0 Å². The number of hydrogen-bond donors (Lipinski definition) is 1. The number of ketones is 1. The number of nitrogens with two attached hydrogens (primary N) is 1. The van der Waals surface area contributed by atoms with Crippen molar-refractivity contribution in [1.82, 2.24) is 0 Å². The van der Waals surface area contributed by atoms with E-state index in [4.69, 9.17) is 5.73 Å². The van der Waals surface area contributed by atoms with Crippen molar-refractivity contribution < 1.29 is 18.3 Å². The molecule has 0 bridgehead atoms. The summed E-state index contributed by atoms with van der Waals surface area (Å²) in [6.07, 6.45) is -2.36. The first-order valence-electron chi connectivity index (χ1n) is 3.24. The van der Waals surface area contributed by atoms with Gasteiger partial charge in [0.1, 0.15) is 12.4 Å². The zero-order valence-electron chi connectivity index (χ0n) is 6.06. The molecule has 11 heavy (non-hydrogen) atoms. The fraction of sp³-hybridized carbons (Fsp3) is 0.833. The average Bonchev–Trinajstić information content (AvgIpc) is 1.97. The number of halogens is 2. The van der Waals surface area contributed by atoms with Crippen LogP contribution in [-0.2, 0) is 9.53 Å². The Balaban J connectivity index is 3.08. The second kappa shape index (κ2) is 6.18. The monoisotopic (exact) mass is 167 g/mol. The predicted molar refractivity (Wildman–Crippen MR) is 35.5 cm³/mol. The number of alkyl halides is 2. The molecule has 3 nitrogen and oxygen atoms in total. The van der Waals surface area contributed by atoms with Crippen LogP contribution in [0.25, 0.3) is 0 Å². The van der Waals surface area contributed by atoms with Crippen molar-refractivity contribution in [3.05, 3.63) is 0 Å². The molecule has 0 aromatic rings. The lowest BCUT2D eigenvalue weighted by Crippen LogP contribution is -2.16. The fourth-order valence-electron chi connectivity index (χ4n) is 0.460. The molecule has 0 atom stereocenters. The summed E-state index contributed by atoms with van der Waals surface area (Å²) in [6, 6.07) is 0. The van der Waals surface area contributed by atoms with E-state index in [0.29, 0.717) is 0 Å². The Morgan fingerprint density at radius 1 is 1.55 bits per heavy atom. The Kier molecular flexibility index (Phi) is 5.87. The quantitative estimate of drug-likeness (QED) is 0.574. The Morgan fingerprint density at radius 3 is 2.64 bits per heavy atom. The van der Waals surface area contributed by atoms with E-state index in [1.165, 1.54) is 0 Å². The van der Waals surface area contributed by atoms with Crippen LogP contribution < -0.4 is 5.73 Å². The smallest absolute Gasteiger partial charge is 0.261 e. The highest BCUT2D eigenvalue weighted by Crippen LogP contribution is 1.93. The highest BCUT2D eigenvalue weighted by atomic mass is 19.3. The molecule has 0 aromatic carbocycles. The van der Waals surface area contributed by atoms with Crippen LogP contribution in [0.1, 0.15) is 6.42 Å². The first-order chi connectivity index (χ1) is 5.16. The predicted octanol–water partition coefficient (Wildman–Crippen LogP) is 0.186. The van der Waals surface area contributed by atoms with Crippen molar-refractivity contribution in [2.75, 3.05) is 19.8 Å². The molecule has 2 N–H and O–H groups in total. The summed E-state index contributed by atoms with van der Waals surface area (Å²) in [6.45, 7) is -0.643. The van der Waals surface area contributed by atoms with Gasteiger partial charge in [0.25, 0.3) is 6.43 Å². The van der Waals surface area contributed by atoms with Crippen LogP contribution in [0.3, 0.4) is 0 Å². The van der Waals surface area contributed by atoms with Gasteiger partial charge >= 0.3 is 0 Å². The number of carbonyl (C=O) groups is 1. The minimum absolute atomic E-state index is 0.0281. The van der Waals surface area contributed by atoms with E-state index in [-0.39, 0.29) is 25.4 Å². The van der Waals surface area contributed by atoms with Crippen LogP contribution in [0.5, 0.6) is 0 Å². The van der Waals surface area contributed by atoms with Crippen LogP contribution in [-0.4, -0.2) is 32.0 Å². The van der Waals surface area contributed by atoms with E-state index in [9.17, 15) is 13.6 Å². The molecule has 0 amide bonds. The number of Topliss-reactive ketones (excluding diaryl/α,β-unsaturated/α-hetero) is 1. The lowest BCUT2D eigenvalue weighted by atomic mass is 10.3. The summed E-state index contributed by atoms with van der Waals surface area (Å²) in [5, 5.41) is 0. The zero-order valence-corrected chi connectivity index (χ0v) is 6.06. The van der Waals surface area contributed by atoms with E-state index >= 15 is 0 Å². The van der Waals surface area contributed by atoms with Crippen LogP contribution in [0, 0.1) is 0 Å². The topological polar surface area (TPSA) is 52.3 Å². The van der Waals surface area contributed by atoms with Gasteiger partial charge in [0.05, 0.1) is 13.2 Å². The van der Waals surface area contributed by atoms with Gasteiger partial charge in [-0.3, -0.25) is 4.79 Å². The van der Waals surface area contributed by atoms with E-state index in [1.807, 2.05) is 0 Å². The number of hydrogen-bond acceptors (Lipinski definition) is 3. The number of carbonyl (C=O) groups excluding carboxylic acids is 1. The Bertz CT molecular complexity index is 119. The van der Waals surface area contributed by atoms with E-state index in [2.05, 4.69) is 4.74 Å². The van der Waals surface area contributed by atoms with E-state index in [0.717, 1.165) is 0 Å². The molecule has 0 aliphatic heterocycles. The van der Waals surface area contributed by atoms with Crippen molar-refractivity contribution in [3.8, 4) is 0 Å². The molecule has 0 rings (SSSR count). The maximum atomic E-state index is 11.4. The van der Waals surface area contributed by atoms with Crippen molar-refractivity contribution in [2.45, 2.75) is 12.8 Å². The third-order valence-electron chi connectivity index (χ3n) is 0.997. The molecule has 5 heteroatoms. The third kappa shape index (κ3) is 7.35. The van der Waals surface area contributed by atoms with Crippen molar-refractivity contribution >= 4 is 5.78 Å². The molecule has 0 unspecified atom stereocenters. The lowest BCUT2D eigenvalue weighted by molar-refractivity contribution is -0.119. The van der Waals surface area contributed by atoms with Crippen LogP contribution >= 0.6 is 0 Å². The first-order valence-corrected chi connectivity index (χ1v) is 3.24. The summed E-state index contributed by atoms with van der Waals surface area (Å²) in [7, 11) is 0. The first kappa shape index (κ1) is 10.4. The average molecular weight is 167 g/mol. The molecule has 0 aliphatic rings. The normalized spacial score (nSPS) is 10.5. The highest BCUT2D eigenvalue weighted by molar-refractivity contribution is 5.80. The summed E-state index contributed by atoms with van der Waals surface area (Å²) in [5.74, 6) is -0.181. The second-order valence-corrected chi connectivity index (χ2v) is 1.96. The molecule has 0 aliphatic carbocycles. The van der Waals surface area contributed by atoms with E-state index in [1.54, 1.807) is 0 Å². The fourth-order valence-corrected chi connectivity index (χ4v) is 0.460. The Morgan fingerprint density at radius 2 is 2.18 bits per heavy atom. The molecule has 0 spiro atoms. The minimum Gasteiger partial charge on any atom is -0.375 e. The number of ether oxygens (including phenoxy) is 1. The van der Waals surface area contributed by atoms with Crippen molar-refractivity contribution in [2.24, 2.45) is 5.73 Å². The van der Waals surface area contributed by atoms with Gasteiger partial charge in [0, 0.05) is 6.42 Å². The van der Waals surface area contributed by atoms with Gasteiger partial charge in [-0.15, -0.1) is 0 Å². The largest absolute Gasteiger partial charge is 0.375 e. The minimum atomic E-state index is -2.47. The van der Waals surface area contributed by atoms with Gasteiger partial charge in [0.2, 0.25) is 0 Å². The van der Waals surface area contributed by atoms with Gasteiger partial charge < -0.3 is 10.5 Å². The maximum absolute atomic E-state index is 11.4. The molecule has 0 aromatic heterocycles. The molecule has 0 radical (unpaired) electrons. The highest BCUT2D eigenvalue weighted by Gasteiger charge is 2.02. The Hall–Kier alpha value is -0.550. The Labute approximate surface area is 63.5 Å². The third-order valence-corrected chi connectivity index (χ3v) is 0.997. The van der Waals surface area contributed by atoms with Gasteiger partial charge in [-0.1, -0.05) is 0 Å². The summed E-state index contributed by atoms with van der Waals surface area (Å²) in [4.78, 5) is 10.5. The van der Waals surface area contributed by atoms with Gasteiger partial charge in [-0.25, -0.2) is 8.78 Å².